The Kier molecular flexibility index (Phi) is 4.19. The number of anilines is 1. The zero-order valence-corrected chi connectivity index (χ0v) is 14.4. The summed E-state index contributed by atoms with van der Waals surface area (Å²) in [5.74, 6) is -0.234. The van der Waals surface area contributed by atoms with Crippen LogP contribution in [0.15, 0.2) is 77.1 Å². The molecule has 0 bridgehead atoms. The summed E-state index contributed by atoms with van der Waals surface area (Å²) >= 11 is 3.40. The molecule has 1 aliphatic heterocycles. The van der Waals surface area contributed by atoms with Crippen molar-refractivity contribution in [2.45, 2.75) is 6.04 Å². The van der Waals surface area contributed by atoms with Gasteiger partial charge in [0.2, 0.25) is 0 Å². The van der Waals surface area contributed by atoms with E-state index in [4.69, 9.17) is 0 Å². The average Bonchev–Trinajstić information content (AvgIpc) is 3.33. The van der Waals surface area contributed by atoms with Crippen LogP contribution < -0.4 is 10.4 Å². The van der Waals surface area contributed by atoms with Gasteiger partial charge in [0.1, 0.15) is 11.9 Å². The third kappa shape index (κ3) is 3.13. The maximum Gasteiger partial charge on any atom is 0.125 e. The summed E-state index contributed by atoms with van der Waals surface area (Å²) in [6.45, 7) is 0. The fraction of sp³-hybridized carbons (Fsp3) is 0.0526. The van der Waals surface area contributed by atoms with E-state index < -0.39 is 0 Å². The van der Waals surface area contributed by atoms with Crippen molar-refractivity contribution in [3.63, 3.8) is 0 Å². The lowest BCUT2D eigenvalue weighted by Crippen LogP contribution is -2.33. The zero-order chi connectivity index (χ0) is 16.4. The molecule has 3 aromatic rings. The van der Waals surface area contributed by atoms with Crippen LogP contribution >= 0.6 is 22.7 Å². The van der Waals surface area contributed by atoms with Gasteiger partial charge in [-0.25, -0.2) is 4.39 Å². The van der Waals surface area contributed by atoms with Crippen LogP contribution in [0, 0.1) is 5.82 Å². The topological polar surface area (TPSA) is 15.3 Å². The van der Waals surface area contributed by atoms with Gasteiger partial charge >= 0.3 is 0 Å². The SMILES string of the molecule is Fc1cccc(N2NC(C=Cc3cccs3)=CC2c2cccs2)c1. The number of halogens is 1. The number of nitrogens with one attached hydrogen (secondary N) is 1. The maximum atomic E-state index is 13.6. The fourth-order valence-electron chi connectivity index (χ4n) is 2.66. The molecule has 0 radical (unpaired) electrons. The van der Waals surface area contributed by atoms with Crippen molar-refractivity contribution in [3.8, 4) is 0 Å². The van der Waals surface area contributed by atoms with Gasteiger partial charge in [0.15, 0.2) is 0 Å². The molecule has 0 amide bonds. The first-order chi connectivity index (χ1) is 11.8. The molecule has 120 valence electrons. The summed E-state index contributed by atoms with van der Waals surface area (Å²) in [6.07, 6.45) is 6.32. The smallest absolute Gasteiger partial charge is 0.125 e. The van der Waals surface area contributed by atoms with Crippen LogP contribution in [0.3, 0.4) is 0 Å². The maximum absolute atomic E-state index is 13.6. The standard InChI is InChI=1S/C19H15FN2S2/c20-14-4-1-5-16(12-14)22-18(19-7-3-11-24-19)13-15(21-22)8-9-17-6-2-10-23-17/h1-13,18,21H. The Balaban J connectivity index is 1.65. The lowest BCUT2D eigenvalue weighted by atomic mass is 10.2. The predicted molar refractivity (Wildman–Crippen MR) is 101 cm³/mol. The minimum Gasteiger partial charge on any atom is -0.298 e. The highest BCUT2D eigenvalue weighted by Gasteiger charge is 2.26. The largest absolute Gasteiger partial charge is 0.298 e. The quantitative estimate of drug-likeness (QED) is 0.655. The summed E-state index contributed by atoms with van der Waals surface area (Å²) in [5, 5.41) is 6.12. The van der Waals surface area contributed by atoms with E-state index >= 15 is 0 Å². The van der Waals surface area contributed by atoms with Crippen molar-refractivity contribution in [1.29, 1.82) is 0 Å². The monoisotopic (exact) mass is 354 g/mol. The summed E-state index contributed by atoms with van der Waals surface area (Å²) in [5.41, 5.74) is 5.20. The number of hydrazine groups is 1. The third-order valence-electron chi connectivity index (χ3n) is 3.76. The van der Waals surface area contributed by atoms with Gasteiger partial charge in [0, 0.05) is 9.75 Å². The Morgan fingerprint density at radius 3 is 2.62 bits per heavy atom. The normalized spacial score (nSPS) is 17.3. The molecule has 0 saturated heterocycles. The number of thiophene rings is 2. The summed E-state index contributed by atoms with van der Waals surface area (Å²) in [6, 6.07) is 15.0. The van der Waals surface area contributed by atoms with Crippen molar-refractivity contribution < 1.29 is 4.39 Å². The lowest BCUT2D eigenvalue weighted by Gasteiger charge is -2.26. The lowest BCUT2D eigenvalue weighted by molar-refractivity contribution is 0.623. The van der Waals surface area contributed by atoms with E-state index in [1.807, 2.05) is 23.2 Å². The first-order valence-corrected chi connectivity index (χ1v) is 9.34. The van der Waals surface area contributed by atoms with Crippen molar-refractivity contribution in [2.75, 3.05) is 5.01 Å². The van der Waals surface area contributed by atoms with Gasteiger partial charge in [-0.05, 0) is 59.3 Å². The number of hydrogen-bond acceptors (Lipinski definition) is 4. The van der Waals surface area contributed by atoms with Crippen LogP contribution in [0.25, 0.3) is 6.08 Å². The number of nitrogens with zero attached hydrogens (tertiary/aromatic N) is 1. The van der Waals surface area contributed by atoms with Crippen LogP contribution in [0.1, 0.15) is 15.8 Å². The average molecular weight is 354 g/mol. The van der Waals surface area contributed by atoms with Crippen LogP contribution in [-0.4, -0.2) is 0 Å². The Morgan fingerprint density at radius 1 is 1.00 bits per heavy atom. The molecule has 0 aliphatic carbocycles. The first-order valence-electron chi connectivity index (χ1n) is 7.58. The van der Waals surface area contributed by atoms with E-state index in [1.54, 1.807) is 34.8 Å². The zero-order valence-electron chi connectivity index (χ0n) is 12.7. The van der Waals surface area contributed by atoms with Crippen LogP contribution in [0.4, 0.5) is 10.1 Å². The second-order valence-corrected chi connectivity index (χ2v) is 7.35. The van der Waals surface area contributed by atoms with E-state index in [1.165, 1.54) is 15.8 Å². The van der Waals surface area contributed by atoms with Crippen LogP contribution in [-0.2, 0) is 0 Å². The summed E-state index contributed by atoms with van der Waals surface area (Å²) in [7, 11) is 0. The molecule has 1 aromatic carbocycles. The molecule has 0 fully saturated rings. The van der Waals surface area contributed by atoms with Gasteiger partial charge in [-0.3, -0.25) is 10.4 Å². The van der Waals surface area contributed by atoms with Gasteiger partial charge in [-0.2, -0.15) is 0 Å². The molecule has 2 nitrogen and oxygen atoms in total. The van der Waals surface area contributed by atoms with Crippen molar-refractivity contribution in [3.05, 3.63) is 92.7 Å². The Morgan fingerprint density at radius 2 is 1.88 bits per heavy atom. The molecule has 1 atom stereocenters. The van der Waals surface area contributed by atoms with Crippen LogP contribution in [0.2, 0.25) is 0 Å². The minimum atomic E-state index is -0.234. The van der Waals surface area contributed by atoms with E-state index in [2.05, 4.69) is 46.5 Å². The summed E-state index contributed by atoms with van der Waals surface area (Å²) < 4.78 is 13.6. The summed E-state index contributed by atoms with van der Waals surface area (Å²) in [4.78, 5) is 2.42. The van der Waals surface area contributed by atoms with E-state index in [0.29, 0.717) is 0 Å². The van der Waals surface area contributed by atoms with E-state index in [-0.39, 0.29) is 11.9 Å². The van der Waals surface area contributed by atoms with Gasteiger partial charge in [0.25, 0.3) is 0 Å². The first kappa shape index (κ1) is 15.2. The van der Waals surface area contributed by atoms with Crippen molar-refractivity contribution in [2.24, 2.45) is 0 Å². The molecule has 4 rings (SSSR count). The Labute approximate surface area is 148 Å². The highest BCUT2D eigenvalue weighted by Crippen LogP contribution is 2.34. The second kappa shape index (κ2) is 6.63. The molecule has 1 N–H and O–H groups in total. The van der Waals surface area contributed by atoms with Gasteiger partial charge in [-0.15, -0.1) is 22.7 Å². The molecule has 5 heteroatoms. The molecule has 2 aromatic heterocycles. The second-order valence-electron chi connectivity index (χ2n) is 5.39. The molecule has 0 spiro atoms. The Bertz CT molecular complexity index is 867. The Hall–Kier alpha value is -2.37. The highest BCUT2D eigenvalue weighted by molar-refractivity contribution is 7.10. The fourth-order valence-corrected chi connectivity index (χ4v) is 4.06. The third-order valence-corrected chi connectivity index (χ3v) is 5.54. The predicted octanol–water partition coefficient (Wildman–Crippen LogP) is 5.61. The molecular weight excluding hydrogens is 339 g/mol. The van der Waals surface area contributed by atoms with E-state index in [9.17, 15) is 4.39 Å². The van der Waals surface area contributed by atoms with Crippen molar-refractivity contribution in [1.82, 2.24) is 5.43 Å². The molecule has 24 heavy (non-hydrogen) atoms. The molecular formula is C19H15FN2S2. The van der Waals surface area contributed by atoms with Gasteiger partial charge in [-0.1, -0.05) is 18.2 Å². The molecule has 1 unspecified atom stereocenters. The molecule has 3 heterocycles. The molecule has 1 aliphatic rings. The number of rotatable bonds is 4. The van der Waals surface area contributed by atoms with Crippen LogP contribution in [0.5, 0.6) is 0 Å². The highest BCUT2D eigenvalue weighted by atomic mass is 32.1. The van der Waals surface area contributed by atoms with Crippen molar-refractivity contribution >= 4 is 34.4 Å². The number of benzene rings is 1. The van der Waals surface area contributed by atoms with E-state index in [0.717, 1.165) is 11.4 Å². The molecule has 0 saturated carbocycles. The number of allylic oxidation sites excluding steroid dienone is 1. The van der Waals surface area contributed by atoms with Gasteiger partial charge in [0.05, 0.1) is 11.4 Å². The minimum absolute atomic E-state index is 0.0507. The van der Waals surface area contributed by atoms with Gasteiger partial charge < -0.3 is 0 Å². The number of hydrogen-bond donors (Lipinski definition) is 1.